The van der Waals surface area contributed by atoms with Crippen molar-refractivity contribution < 1.29 is 18.0 Å². The number of anilines is 1. The van der Waals surface area contributed by atoms with E-state index in [2.05, 4.69) is 10.3 Å². The zero-order chi connectivity index (χ0) is 20.0. The number of hydrogen-bond acceptors (Lipinski definition) is 4. The van der Waals surface area contributed by atoms with Gasteiger partial charge in [0.25, 0.3) is 15.9 Å². The van der Waals surface area contributed by atoms with Crippen molar-refractivity contribution in [2.45, 2.75) is 11.4 Å². The van der Waals surface area contributed by atoms with Crippen LogP contribution in [0.15, 0.2) is 89.8 Å². The first kappa shape index (κ1) is 19.6. The van der Waals surface area contributed by atoms with E-state index in [1.165, 1.54) is 35.7 Å². The Kier molecular flexibility index (Phi) is 6.08. The molecule has 0 saturated carbocycles. The van der Waals surface area contributed by atoms with Gasteiger partial charge in [-0.1, -0.05) is 54.6 Å². The van der Waals surface area contributed by atoms with E-state index < -0.39 is 15.9 Å². The summed E-state index contributed by atoms with van der Waals surface area (Å²) in [5, 5.41) is 0. The summed E-state index contributed by atoms with van der Waals surface area (Å²) in [5.41, 5.74) is 3.77. The summed E-state index contributed by atoms with van der Waals surface area (Å²) >= 11 is 0. The lowest BCUT2D eigenvalue weighted by atomic mass is 10.2. The second-order valence-corrected chi connectivity index (χ2v) is 7.86. The average Bonchev–Trinajstić information content (AvgIpc) is 2.73. The predicted molar refractivity (Wildman–Crippen MR) is 107 cm³/mol. The number of hydrogen-bond donors (Lipinski definition) is 1. The molecule has 0 saturated heterocycles. The van der Waals surface area contributed by atoms with Crippen LogP contribution in [0.5, 0.6) is 0 Å². The van der Waals surface area contributed by atoms with Crippen molar-refractivity contribution >= 4 is 21.6 Å². The lowest BCUT2D eigenvalue weighted by molar-refractivity contribution is 0.0537. The molecule has 7 heteroatoms. The molecular formula is C21H20N2O4S. The molecule has 0 heterocycles. The van der Waals surface area contributed by atoms with Gasteiger partial charge in [-0.2, -0.15) is 0 Å². The minimum atomic E-state index is -3.91. The Balaban J connectivity index is 2.03. The Bertz CT molecular complexity index is 1040. The summed E-state index contributed by atoms with van der Waals surface area (Å²) in [6.45, 7) is 0.168. The third-order valence-electron chi connectivity index (χ3n) is 4.09. The fourth-order valence-electron chi connectivity index (χ4n) is 2.74. The number of hydroxylamine groups is 1. The molecule has 1 amide bonds. The van der Waals surface area contributed by atoms with Crippen LogP contribution in [0.25, 0.3) is 0 Å². The minimum absolute atomic E-state index is 0.0241. The lowest BCUT2D eigenvalue weighted by Crippen LogP contribution is -2.31. The van der Waals surface area contributed by atoms with Crippen molar-refractivity contribution in [3.05, 3.63) is 96.1 Å². The molecule has 1 N–H and O–H groups in total. The SMILES string of the molecule is CONC(=O)c1cccc(S(=O)(=O)N(Cc2ccccc2)c2ccccc2)c1. The van der Waals surface area contributed by atoms with Gasteiger partial charge < -0.3 is 0 Å². The molecule has 3 aromatic rings. The Hall–Kier alpha value is -3.16. The highest BCUT2D eigenvalue weighted by Gasteiger charge is 2.26. The first-order valence-electron chi connectivity index (χ1n) is 8.57. The number of benzene rings is 3. The number of carbonyl (C=O) groups excluding carboxylic acids is 1. The van der Waals surface area contributed by atoms with Crippen LogP contribution in [0.4, 0.5) is 5.69 Å². The molecule has 0 fully saturated rings. The van der Waals surface area contributed by atoms with Gasteiger partial charge >= 0.3 is 0 Å². The predicted octanol–water partition coefficient (Wildman–Crippen LogP) is 3.37. The zero-order valence-corrected chi connectivity index (χ0v) is 16.1. The lowest BCUT2D eigenvalue weighted by Gasteiger charge is -2.25. The number of sulfonamides is 1. The summed E-state index contributed by atoms with van der Waals surface area (Å²) in [7, 11) is -2.60. The van der Waals surface area contributed by atoms with Crippen molar-refractivity contribution in [2.24, 2.45) is 0 Å². The second kappa shape index (κ2) is 8.69. The number of nitrogens with one attached hydrogen (secondary N) is 1. The fraction of sp³-hybridized carbons (Fsp3) is 0.0952. The van der Waals surface area contributed by atoms with Gasteiger partial charge in [-0.15, -0.1) is 0 Å². The molecular weight excluding hydrogens is 376 g/mol. The Morgan fingerprint density at radius 1 is 0.929 bits per heavy atom. The van der Waals surface area contributed by atoms with Gasteiger partial charge in [0.05, 0.1) is 24.2 Å². The average molecular weight is 396 g/mol. The van der Waals surface area contributed by atoms with Crippen molar-refractivity contribution in [3.63, 3.8) is 0 Å². The van der Waals surface area contributed by atoms with Gasteiger partial charge in [-0.3, -0.25) is 13.9 Å². The standard InChI is InChI=1S/C21H20N2O4S/c1-27-22-21(24)18-11-8-14-20(15-18)28(25,26)23(19-12-6-3-7-13-19)16-17-9-4-2-5-10-17/h2-15H,16H2,1H3,(H,22,24). The molecule has 0 aliphatic carbocycles. The summed E-state index contributed by atoms with van der Waals surface area (Å²) in [5.74, 6) is -0.520. The molecule has 3 aromatic carbocycles. The van der Waals surface area contributed by atoms with Crippen LogP contribution in [-0.4, -0.2) is 21.4 Å². The van der Waals surface area contributed by atoms with Crippen LogP contribution in [0.1, 0.15) is 15.9 Å². The number of carbonyl (C=O) groups is 1. The molecule has 0 radical (unpaired) electrons. The fourth-order valence-corrected chi connectivity index (χ4v) is 4.23. The number of para-hydroxylation sites is 1. The normalized spacial score (nSPS) is 11.0. The highest BCUT2D eigenvalue weighted by molar-refractivity contribution is 7.92. The molecule has 0 bridgehead atoms. The number of nitrogens with zero attached hydrogens (tertiary/aromatic N) is 1. The van der Waals surface area contributed by atoms with Crippen LogP contribution in [0.3, 0.4) is 0 Å². The molecule has 6 nitrogen and oxygen atoms in total. The Morgan fingerprint density at radius 2 is 1.57 bits per heavy atom. The third-order valence-corrected chi connectivity index (χ3v) is 5.86. The van der Waals surface area contributed by atoms with E-state index in [0.29, 0.717) is 5.69 Å². The van der Waals surface area contributed by atoms with Crippen molar-refractivity contribution in [3.8, 4) is 0 Å². The number of rotatable bonds is 7. The van der Waals surface area contributed by atoms with Crippen molar-refractivity contribution in [2.75, 3.05) is 11.4 Å². The van der Waals surface area contributed by atoms with E-state index in [1.807, 2.05) is 36.4 Å². The van der Waals surface area contributed by atoms with Crippen LogP contribution in [0, 0.1) is 0 Å². The van der Waals surface area contributed by atoms with Crippen LogP contribution >= 0.6 is 0 Å². The summed E-state index contributed by atoms with van der Waals surface area (Å²) in [4.78, 5) is 16.7. The smallest absolute Gasteiger partial charge is 0.274 e. The quantitative estimate of drug-likeness (QED) is 0.621. The van der Waals surface area contributed by atoms with E-state index in [0.717, 1.165) is 5.56 Å². The van der Waals surface area contributed by atoms with E-state index in [-0.39, 0.29) is 17.0 Å². The van der Waals surface area contributed by atoms with Crippen LogP contribution in [-0.2, 0) is 21.4 Å². The van der Waals surface area contributed by atoms with Crippen LogP contribution in [0.2, 0.25) is 0 Å². The minimum Gasteiger partial charge on any atom is -0.277 e. The van der Waals surface area contributed by atoms with Crippen molar-refractivity contribution in [1.29, 1.82) is 0 Å². The van der Waals surface area contributed by atoms with E-state index >= 15 is 0 Å². The molecule has 0 spiro atoms. The Morgan fingerprint density at radius 3 is 2.21 bits per heavy atom. The van der Waals surface area contributed by atoms with Gasteiger partial charge in [0.15, 0.2) is 0 Å². The summed E-state index contributed by atoms with van der Waals surface area (Å²) in [6, 6.07) is 24.1. The largest absolute Gasteiger partial charge is 0.277 e. The van der Waals surface area contributed by atoms with Gasteiger partial charge in [0.1, 0.15) is 0 Å². The van der Waals surface area contributed by atoms with Gasteiger partial charge in [-0.25, -0.2) is 13.9 Å². The van der Waals surface area contributed by atoms with Gasteiger partial charge in [0, 0.05) is 5.56 Å². The Labute approximate surface area is 164 Å². The number of amides is 1. The summed E-state index contributed by atoms with van der Waals surface area (Å²) in [6.07, 6.45) is 0. The molecule has 144 valence electrons. The van der Waals surface area contributed by atoms with E-state index in [9.17, 15) is 13.2 Å². The second-order valence-electron chi connectivity index (χ2n) is 6.00. The molecule has 0 aromatic heterocycles. The van der Waals surface area contributed by atoms with Crippen LogP contribution < -0.4 is 9.79 Å². The van der Waals surface area contributed by atoms with E-state index in [1.54, 1.807) is 24.3 Å². The topological polar surface area (TPSA) is 75.7 Å². The monoisotopic (exact) mass is 396 g/mol. The highest BCUT2D eigenvalue weighted by atomic mass is 32.2. The molecule has 28 heavy (non-hydrogen) atoms. The maximum absolute atomic E-state index is 13.4. The van der Waals surface area contributed by atoms with Crippen molar-refractivity contribution in [1.82, 2.24) is 5.48 Å². The molecule has 0 unspecified atom stereocenters. The highest BCUT2D eigenvalue weighted by Crippen LogP contribution is 2.26. The maximum atomic E-state index is 13.4. The molecule has 3 rings (SSSR count). The molecule has 0 atom stereocenters. The van der Waals surface area contributed by atoms with Gasteiger partial charge in [-0.05, 0) is 35.9 Å². The first-order valence-corrected chi connectivity index (χ1v) is 10.0. The molecule has 0 aliphatic rings. The van der Waals surface area contributed by atoms with Gasteiger partial charge in [0.2, 0.25) is 0 Å². The third kappa shape index (κ3) is 4.39. The summed E-state index contributed by atoms with van der Waals surface area (Å²) < 4.78 is 28.2. The molecule has 0 aliphatic heterocycles. The zero-order valence-electron chi connectivity index (χ0n) is 15.3. The maximum Gasteiger partial charge on any atom is 0.274 e. The first-order chi connectivity index (χ1) is 13.5. The van der Waals surface area contributed by atoms with E-state index in [4.69, 9.17) is 0 Å².